The molecule has 0 saturated carbocycles. The van der Waals surface area contributed by atoms with Crippen LogP contribution in [0.1, 0.15) is 30.9 Å². The molecule has 142 valence electrons. The summed E-state index contributed by atoms with van der Waals surface area (Å²) in [6, 6.07) is 15.7. The molecule has 0 spiro atoms. The van der Waals surface area contributed by atoms with Crippen molar-refractivity contribution in [2.24, 2.45) is 0 Å². The first kappa shape index (κ1) is 19.0. The quantitative estimate of drug-likeness (QED) is 0.581. The highest BCUT2D eigenvalue weighted by Crippen LogP contribution is 2.45. The molecule has 28 heavy (non-hydrogen) atoms. The van der Waals surface area contributed by atoms with Crippen molar-refractivity contribution in [3.05, 3.63) is 98.6 Å². The minimum Gasteiger partial charge on any atom is -0.332 e. The Balaban J connectivity index is 1.77. The van der Waals surface area contributed by atoms with Crippen molar-refractivity contribution >= 4 is 35.2 Å². The fraction of sp³-hybridized carbons (Fsp3) is 0.208. The highest BCUT2D eigenvalue weighted by atomic mass is 35.5. The largest absolute Gasteiger partial charge is 0.332 e. The summed E-state index contributed by atoms with van der Waals surface area (Å²) in [5.74, 6) is 0.0949. The van der Waals surface area contributed by atoms with Gasteiger partial charge in [-0.2, -0.15) is 0 Å². The SMILES string of the molecule is CC(C)N1CC2=C(/C=C/c3ccc(Cl)cc3)C(c3ccccc3Cl)C=C2C1=O. The van der Waals surface area contributed by atoms with E-state index >= 15 is 0 Å². The summed E-state index contributed by atoms with van der Waals surface area (Å²) in [5.41, 5.74) is 5.14. The van der Waals surface area contributed by atoms with E-state index in [-0.39, 0.29) is 17.9 Å². The second-order valence-electron chi connectivity index (χ2n) is 7.43. The molecule has 1 aliphatic carbocycles. The Morgan fingerprint density at radius 3 is 2.43 bits per heavy atom. The van der Waals surface area contributed by atoms with E-state index in [1.54, 1.807) is 0 Å². The number of fused-ring (bicyclic) bond motifs is 1. The van der Waals surface area contributed by atoms with Gasteiger partial charge in [0.15, 0.2) is 0 Å². The molecule has 1 unspecified atom stereocenters. The van der Waals surface area contributed by atoms with Crippen molar-refractivity contribution in [1.29, 1.82) is 0 Å². The van der Waals surface area contributed by atoms with E-state index in [1.165, 1.54) is 0 Å². The molecule has 1 fully saturated rings. The second kappa shape index (κ2) is 7.62. The van der Waals surface area contributed by atoms with Gasteiger partial charge in [-0.25, -0.2) is 0 Å². The maximum Gasteiger partial charge on any atom is 0.254 e. The highest BCUT2D eigenvalue weighted by molar-refractivity contribution is 6.31. The van der Waals surface area contributed by atoms with Crippen molar-refractivity contribution in [2.75, 3.05) is 6.54 Å². The summed E-state index contributed by atoms with van der Waals surface area (Å²) in [6.07, 6.45) is 6.26. The summed E-state index contributed by atoms with van der Waals surface area (Å²) in [5, 5.41) is 1.43. The summed E-state index contributed by atoms with van der Waals surface area (Å²) >= 11 is 12.5. The van der Waals surface area contributed by atoms with Gasteiger partial charge in [-0.3, -0.25) is 4.79 Å². The third kappa shape index (κ3) is 3.43. The normalized spacial score (nSPS) is 19.2. The molecule has 0 radical (unpaired) electrons. The molecule has 1 aliphatic heterocycles. The lowest BCUT2D eigenvalue weighted by atomic mass is 9.91. The van der Waals surface area contributed by atoms with Gasteiger partial charge in [-0.05, 0) is 54.3 Å². The minimum absolute atomic E-state index is 0.0134. The molecular weight excluding hydrogens is 389 g/mol. The van der Waals surface area contributed by atoms with Crippen LogP contribution in [0.3, 0.4) is 0 Å². The molecule has 1 atom stereocenters. The number of rotatable bonds is 4. The van der Waals surface area contributed by atoms with Gasteiger partial charge >= 0.3 is 0 Å². The van der Waals surface area contributed by atoms with E-state index in [4.69, 9.17) is 23.2 Å². The monoisotopic (exact) mass is 409 g/mol. The lowest BCUT2D eigenvalue weighted by molar-refractivity contribution is -0.126. The van der Waals surface area contributed by atoms with E-state index in [9.17, 15) is 4.79 Å². The fourth-order valence-corrected chi connectivity index (χ4v) is 4.22. The highest BCUT2D eigenvalue weighted by Gasteiger charge is 2.39. The van der Waals surface area contributed by atoms with Crippen LogP contribution in [-0.4, -0.2) is 23.4 Å². The van der Waals surface area contributed by atoms with Gasteiger partial charge in [0.05, 0.1) is 0 Å². The maximum absolute atomic E-state index is 12.9. The fourth-order valence-electron chi connectivity index (χ4n) is 3.84. The van der Waals surface area contributed by atoms with Crippen molar-refractivity contribution in [3.8, 4) is 0 Å². The zero-order valence-corrected chi connectivity index (χ0v) is 17.3. The van der Waals surface area contributed by atoms with Crippen LogP contribution in [0.25, 0.3) is 6.08 Å². The Hall–Kier alpha value is -2.29. The number of carbonyl (C=O) groups is 1. The Bertz CT molecular complexity index is 1020. The molecule has 1 amide bonds. The number of carbonyl (C=O) groups excluding carboxylic acids is 1. The van der Waals surface area contributed by atoms with Gasteiger partial charge in [-0.1, -0.05) is 71.8 Å². The molecule has 0 aromatic heterocycles. The van der Waals surface area contributed by atoms with Gasteiger partial charge in [0.2, 0.25) is 0 Å². The number of hydrogen-bond acceptors (Lipinski definition) is 1. The second-order valence-corrected chi connectivity index (χ2v) is 8.27. The molecular formula is C24H21Cl2NO. The van der Waals surface area contributed by atoms with Crippen LogP contribution in [0.5, 0.6) is 0 Å². The van der Waals surface area contributed by atoms with Gasteiger partial charge < -0.3 is 4.90 Å². The number of benzene rings is 2. The first-order valence-electron chi connectivity index (χ1n) is 9.40. The van der Waals surface area contributed by atoms with Gasteiger partial charge in [-0.15, -0.1) is 0 Å². The minimum atomic E-state index is -0.0134. The Kier molecular flexibility index (Phi) is 5.18. The van der Waals surface area contributed by atoms with Crippen LogP contribution < -0.4 is 0 Å². The lowest BCUT2D eigenvalue weighted by Gasteiger charge is -2.21. The zero-order chi connectivity index (χ0) is 19.8. The average Bonchev–Trinajstić information content (AvgIpc) is 3.19. The molecule has 1 saturated heterocycles. The van der Waals surface area contributed by atoms with Gasteiger partial charge in [0, 0.05) is 34.1 Å². The van der Waals surface area contributed by atoms with Crippen molar-refractivity contribution in [3.63, 3.8) is 0 Å². The molecule has 1 heterocycles. The van der Waals surface area contributed by atoms with Crippen LogP contribution in [0.2, 0.25) is 10.0 Å². The Morgan fingerprint density at radius 2 is 1.75 bits per heavy atom. The first-order chi connectivity index (χ1) is 13.5. The summed E-state index contributed by atoms with van der Waals surface area (Å²) in [6.45, 7) is 4.74. The predicted molar refractivity (Wildman–Crippen MR) is 117 cm³/mol. The number of allylic oxidation sites excluding steroid dienone is 3. The number of nitrogens with zero attached hydrogens (tertiary/aromatic N) is 1. The predicted octanol–water partition coefficient (Wildman–Crippen LogP) is 6.28. The van der Waals surface area contributed by atoms with Crippen LogP contribution in [0, 0.1) is 0 Å². The lowest BCUT2D eigenvalue weighted by Crippen LogP contribution is -2.32. The molecule has 2 nitrogen and oxygen atoms in total. The molecule has 2 aromatic carbocycles. The average molecular weight is 410 g/mol. The van der Waals surface area contributed by atoms with E-state index in [1.807, 2.05) is 53.4 Å². The molecule has 2 aromatic rings. The molecule has 0 bridgehead atoms. The number of hydrogen-bond donors (Lipinski definition) is 0. The standard InChI is InChI=1S/C24H21Cl2NO/c1-15(2)27-14-22-18(12-9-16-7-10-17(25)11-8-16)20(13-21(22)24(27)28)19-5-3-4-6-23(19)26/h3-13,15,20H,14H2,1-2H3/b12-9+. The smallest absolute Gasteiger partial charge is 0.254 e. The third-order valence-corrected chi connectivity index (χ3v) is 5.95. The Labute approximate surface area is 175 Å². The zero-order valence-electron chi connectivity index (χ0n) is 15.8. The topological polar surface area (TPSA) is 20.3 Å². The summed E-state index contributed by atoms with van der Waals surface area (Å²) in [4.78, 5) is 14.8. The molecule has 0 N–H and O–H groups in total. The van der Waals surface area contributed by atoms with E-state index < -0.39 is 0 Å². The number of halogens is 2. The van der Waals surface area contributed by atoms with Crippen LogP contribution in [0.4, 0.5) is 0 Å². The first-order valence-corrected chi connectivity index (χ1v) is 10.2. The van der Waals surface area contributed by atoms with Crippen molar-refractivity contribution in [2.45, 2.75) is 25.8 Å². The van der Waals surface area contributed by atoms with Gasteiger partial charge in [0.25, 0.3) is 5.91 Å². The molecule has 2 aliphatic rings. The van der Waals surface area contributed by atoms with Crippen LogP contribution in [0.15, 0.2) is 77.4 Å². The maximum atomic E-state index is 12.9. The number of amides is 1. The van der Waals surface area contributed by atoms with Gasteiger partial charge in [0.1, 0.15) is 0 Å². The van der Waals surface area contributed by atoms with E-state index in [2.05, 4.69) is 32.1 Å². The molecule has 4 heteroatoms. The Morgan fingerprint density at radius 1 is 1.04 bits per heavy atom. The van der Waals surface area contributed by atoms with Crippen LogP contribution >= 0.6 is 23.2 Å². The van der Waals surface area contributed by atoms with Crippen LogP contribution in [-0.2, 0) is 4.79 Å². The van der Waals surface area contributed by atoms with Crippen molar-refractivity contribution in [1.82, 2.24) is 4.90 Å². The van der Waals surface area contributed by atoms with Crippen molar-refractivity contribution < 1.29 is 4.79 Å². The number of likely N-dealkylation sites (tertiary alicyclic amines) is 1. The van der Waals surface area contributed by atoms with E-state index in [0.717, 1.165) is 32.9 Å². The third-order valence-electron chi connectivity index (χ3n) is 5.35. The molecule has 4 rings (SSSR count). The summed E-state index contributed by atoms with van der Waals surface area (Å²) in [7, 11) is 0. The van der Waals surface area contributed by atoms with E-state index in [0.29, 0.717) is 11.6 Å². The summed E-state index contributed by atoms with van der Waals surface area (Å²) < 4.78 is 0.